The molecule has 0 saturated heterocycles. The molecule has 0 aromatic carbocycles. The van der Waals surface area contributed by atoms with Gasteiger partial charge in [-0.3, -0.25) is 9.59 Å². The fraction of sp³-hybridized carbons (Fsp3) is 0.760. The molecule has 0 saturated carbocycles. The van der Waals surface area contributed by atoms with Gasteiger partial charge in [-0.15, -0.1) is 0 Å². The zero-order chi connectivity index (χ0) is 23.3. The second kappa shape index (κ2) is 12.0. The third-order valence-corrected chi connectivity index (χ3v) is 7.08. The van der Waals surface area contributed by atoms with Gasteiger partial charge >= 0.3 is 11.9 Å². The van der Waals surface area contributed by atoms with Gasteiger partial charge < -0.3 is 26.2 Å². The Morgan fingerprint density at radius 3 is 2.47 bits per heavy atom. The molecule has 0 aromatic rings. The summed E-state index contributed by atoms with van der Waals surface area (Å²) >= 11 is 0. The number of carboxylic acid groups (broad SMARTS) is 1. The van der Waals surface area contributed by atoms with Gasteiger partial charge in [0.15, 0.2) is 0 Å². The van der Waals surface area contributed by atoms with Crippen molar-refractivity contribution in [2.24, 2.45) is 29.1 Å². The van der Waals surface area contributed by atoms with Crippen LogP contribution < -0.4 is 6.15 Å². The topological polar surface area (TPSA) is 139 Å². The van der Waals surface area contributed by atoms with Crippen LogP contribution in [0.15, 0.2) is 23.8 Å². The Kier molecular flexibility index (Phi) is 10.6. The first kappa shape index (κ1) is 28.3. The minimum atomic E-state index is -1.07. The standard InChI is InChI=1S/C25H40O6.H3N/c1-6-25(4,5)24(30)31-21-12-15(2)11-17-8-7-16(3)20(23(17)21)10-9-18(26)13-19(27)14-22(28)29;/h7-8,11,15-16,18-21,23,26-27H,6,9-10,12-14H2,1-5H3,(H,28,29);1H3/t15-,16-,18-,19+,20-,21-,23-;/m1./s1. The van der Waals surface area contributed by atoms with Gasteiger partial charge in [0, 0.05) is 5.92 Å². The summed E-state index contributed by atoms with van der Waals surface area (Å²) in [5, 5.41) is 29.0. The molecule has 0 unspecified atom stereocenters. The first-order valence-corrected chi connectivity index (χ1v) is 11.6. The Labute approximate surface area is 192 Å². The number of rotatable bonds is 10. The lowest BCUT2D eigenvalue weighted by Crippen LogP contribution is -2.43. The van der Waals surface area contributed by atoms with Crippen molar-refractivity contribution in [3.05, 3.63) is 23.8 Å². The second-order valence-corrected chi connectivity index (χ2v) is 10.2. The number of allylic oxidation sites excluding steroid dienone is 3. The van der Waals surface area contributed by atoms with Crippen LogP contribution in [-0.2, 0) is 14.3 Å². The Morgan fingerprint density at radius 2 is 1.88 bits per heavy atom. The summed E-state index contributed by atoms with van der Waals surface area (Å²) in [5.41, 5.74) is 0.682. The molecule has 0 amide bonds. The van der Waals surface area contributed by atoms with Gasteiger partial charge in [0.2, 0.25) is 0 Å². The third-order valence-electron chi connectivity index (χ3n) is 7.08. The minimum absolute atomic E-state index is 0. The summed E-state index contributed by atoms with van der Waals surface area (Å²) in [7, 11) is 0. The molecule has 2 rings (SSSR count). The number of hydrogen-bond donors (Lipinski definition) is 4. The van der Waals surface area contributed by atoms with Crippen molar-refractivity contribution in [3.63, 3.8) is 0 Å². The maximum Gasteiger partial charge on any atom is 0.311 e. The predicted molar refractivity (Wildman–Crippen MR) is 124 cm³/mol. The van der Waals surface area contributed by atoms with Gasteiger partial charge in [-0.05, 0) is 69.3 Å². The number of esters is 1. The van der Waals surface area contributed by atoms with E-state index in [1.165, 1.54) is 5.57 Å². The molecule has 2 aliphatic rings. The summed E-state index contributed by atoms with van der Waals surface area (Å²) in [5.74, 6) is -0.347. The van der Waals surface area contributed by atoms with Gasteiger partial charge in [-0.2, -0.15) is 0 Å². The molecule has 7 atom stereocenters. The first-order valence-electron chi connectivity index (χ1n) is 11.6. The van der Waals surface area contributed by atoms with Crippen molar-refractivity contribution in [2.45, 2.75) is 91.5 Å². The SMILES string of the molecule is CCC(C)(C)C(=O)O[C@@H]1C[C@H](C)C=C2C=C[C@@H](C)[C@@H](CC[C@@H](O)C[C@H](O)CC(=O)O)[C@@H]21.N. The van der Waals surface area contributed by atoms with Crippen LogP contribution in [0.25, 0.3) is 0 Å². The predicted octanol–water partition coefficient (Wildman–Crippen LogP) is 4.27. The van der Waals surface area contributed by atoms with Crippen molar-refractivity contribution >= 4 is 11.9 Å². The van der Waals surface area contributed by atoms with Crippen LogP contribution in [-0.4, -0.2) is 45.6 Å². The Balaban J connectivity index is 0.00000512. The quantitative estimate of drug-likeness (QED) is 0.362. The third kappa shape index (κ3) is 7.42. The fourth-order valence-corrected chi connectivity index (χ4v) is 4.76. The number of aliphatic hydroxyl groups excluding tert-OH is 2. The van der Waals surface area contributed by atoms with Crippen LogP contribution in [0, 0.1) is 29.1 Å². The molecule has 7 heteroatoms. The minimum Gasteiger partial charge on any atom is -0.481 e. The van der Waals surface area contributed by atoms with Gasteiger partial charge in [-0.1, -0.05) is 39.0 Å². The van der Waals surface area contributed by atoms with Crippen LogP contribution in [0.2, 0.25) is 0 Å². The largest absolute Gasteiger partial charge is 0.481 e. The number of aliphatic hydroxyl groups is 2. The van der Waals surface area contributed by atoms with Gasteiger partial charge in [0.1, 0.15) is 6.10 Å². The van der Waals surface area contributed by atoms with E-state index in [1.807, 2.05) is 20.8 Å². The van der Waals surface area contributed by atoms with E-state index >= 15 is 0 Å². The number of ether oxygens (including phenoxy) is 1. The molecule has 6 N–H and O–H groups in total. The number of aliphatic carboxylic acids is 1. The lowest BCUT2D eigenvalue weighted by molar-refractivity contribution is -0.164. The van der Waals surface area contributed by atoms with Crippen LogP contribution in [0.5, 0.6) is 0 Å². The highest BCUT2D eigenvalue weighted by Crippen LogP contribution is 2.45. The molecule has 2 aliphatic carbocycles. The average Bonchev–Trinajstić information content (AvgIpc) is 2.66. The molecule has 0 spiro atoms. The highest BCUT2D eigenvalue weighted by molar-refractivity contribution is 5.76. The zero-order valence-electron chi connectivity index (χ0n) is 20.3. The van der Waals surface area contributed by atoms with Gasteiger partial charge in [0.25, 0.3) is 0 Å². The van der Waals surface area contributed by atoms with E-state index in [0.717, 1.165) is 6.42 Å². The molecular formula is C25H43NO6. The Bertz CT molecular complexity index is 701. The molecule has 0 radical (unpaired) electrons. The average molecular weight is 454 g/mol. The van der Waals surface area contributed by atoms with E-state index in [1.54, 1.807) is 0 Å². The first-order chi connectivity index (χ1) is 14.4. The maximum atomic E-state index is 12.8. The van der Waals surface area contributed by atoms with Crippen molar-refractivity contribution in [2.75, 3.05) is 0 Å². The summed E-state index contributed by atoms with van der Waals surface area (Å²) in [6.07, 6.45) is 6.98. The van der Waals surface area contributed by atoms with Crippen molar-refractivity contribution < 1.29 is 29.6 Å². The molecular weight excluding hydrogens is 410 g/mol. The number of carbonyl (C=O) groups excluding carboxylic acids is 1. The summed E-state index contributed by atoms with van der Waals surface area (Å²) < 4.78 is 6.10. The van der Waals surface area contributed by atoms with E-state index in [4.69, 9.17) is 9.84 Å². The van der Waals surface area contributed by atoms with Crippen LogP contribution >= 0.6 is 0 Å². The number of hydrogen-bond acceptors (Lipinski definition) is 6. The zero-order valence-corrected chi connectivity index (χ0v) is 20.3. The summed E-state index contributed by atoms with van der Waals surface area (Å²) in [6.45, 7) is 10.1. The van der Waals surface area contributed by atoms with E-state index in [2.05, 4.69) is 32.1 Å². The van der Waals surface area contributed by atoms with Crippen molar-refractivity contribution in [3.8, 4) is 0 Å². The number of carboxylic acids is 1. The highest BCUT2D eigenvalue weighted by Gasteiger charge is 2.42. The van der Waals surface area contributed by atoms with Crippen LogP contribution in [0.3, 0.4) is 0 Å². The van der Waals surface area contributed by atoms with Crippen molar-refractivity contribution in [1.82, 2.24) is 6.15 Å². The molecule has 7 nitrogen and oxygen atoms in total. The van der Waals surface area contributed by atoms with Gasteiger partial charge in [-0.25, -0.2) is 0 Å². The fourth-order valence-electron chi connectivity index (χ4n) is 4.76. The monoisotopic (exact) mass is 453 g/mol. The lowest BCUT2D eigenvalue weighted by Gasteiger charge is -2.44. The van der Waals surface area contributed by atoms with Crippen molar-refractivity contribution in [1.29, 1.82) is 0 Å². The maximum absolute atomic E-state index is 12.8. The number of fused-ring (bicyclic) bond motifs is 1. The van der Waals surface area contributed by atoms with Crippen LogP contribution in [0.4, 0.5) is 0 Å². The highest BCUT2D eigenvalue weighted by atomic mass is 16.5. The molecule has 0 aromatic heterocycles. The molecule has 0 bridgehead atoms. The molecule has 184 valence electrons. The van der Waals surface area contributed by atoms with Crippen LogP contribution in [0.1, 0.15) is 73.1 Å². The molecule has 0 fully saturated rings. The van der Waals surface area contributed by atoms with E-state index in [-0.39, 0.29) is 48.8 Å². The Morgan fingerprint density at radius 1 is 1.22 bits per heavy atom. The van der Waals surface area contributed by atoms with E-state index < -0.39 is 23.6 Å². The normalized spacial score (nSPS) is 29.2. The Hall–Kier alpha value is -1.70. The molecule has 0 heterocycles. The smallest absolute Gasteiger partial charge is 0.311 e. The summed E-state index contributed by atoms with van der Waals surface area (Å²) in [4.78, 5) is 23.6. The molecule has 0 aliphatic heterocycles. The van der Waals surface area contributed by atoms with E-state index in [0.29, 0.717) is 25.2 Å². The second-order valence-electron chi connectivity index (χ2n) is 10.2. The molecule has 32 heavy (non-hydrogen) atoms. The summed E-state index contributed by atoms with van der Waals surface area (Å²) in [6, 6.07) is 0. The lowest BCUT2D eigenvalue weighted by atomic mass is 9.65. The van der Waals surface area contributed by atoms with E-state index in [9.17, 15) is 19.8 Å². The number of carbonyl (C=O) groups is 2. The van der Waals surface area contributed by atoms with Gasteiger partial charge in [0.05, 0.1) is 24.0 Å².